The van der Waals surface area contributed by atoms with Crippen molar-refractivity contribution in [3.8, 4) is 11.3 Å². The van der Waals surface area contributed by atoms with Gasteiger partial charge < -0.3 is 9.32 Å². The minimum absolute atomic E-state index is 0.279. The van der Waals surface area contributed by atoms with Crippen LogP contribution >= 0.6 is 23.2 Å². The smallest absolute Gasteiger partial charge is 0.417 e. The number of furan rings is 1. The molecule has 0 unspecified atom stereocenters. The average Bonchev–Trinajstić information content (AvgIpc) is 3.17. The molecule has 1 saturated heterocycles. The highest BCUT2D eigenvalue weighted by Crippen LogP contribution is 2.37. The zero-order valence-corrected chi connectivity index (χ0v) is 17.4. The predicted molar refractivity (Wildman–Crippen MR) is 113 cm³/mol. The summed E-state index contributed by atoms with van der Waals surface area (Å²) in [6.45, 7) is 3.35. The highest BCUT2D eigenvalue weighted by atomic mass is 35.5. The molecule has 8 heteroatoms. The molecule has 1 aliphatic rings. The molecule has 158 valence electrons. The van der Waals surface area contributed by atoms with Crippen LogP contribution in [0.4, 0.5) is 18.9 Å². The number of hydrogen-bond donors (Lipinski definition) is 0. The number of hydrogen-bond acceptors (Lipinski definition) is 3. The molecule has 2 aromatic carbocycles. The fourth-order valence-electron chi connectivity index (χ4n) is 3.54. The maximum Gasteiger partial charge on any atom is 0.417 e. The molecule has 3 nitrogen and oxygen atoms in total. The van der Waals surface area contributed by atoms with Gasteiger partial charge in [-0.15, -0.1) is 0 Å². The van der Waals surface area contributed by atoms with Gasteiger partial charge in [0.2, 0.25) is 0 Å². The van der Waals surface area contributed by atoms with Gasteiger partial charge in [0.15, 0.2) is 0 Å². The highest BCUT2D eigenvalue weighted by Gasteiger charge is 2.34. The molecule has 0 bridgehead atoms. The first kappa shape index (κ1) is 21.1. The lowest BCUT2D eigenvalue weighted by Gasteiger charge is -2.36. The van der Waals surface area contributed by atoms with Gasteiger partial charge in [-0.25, -0.2) is 0 Å². The van der Waals surface area contributed by atoms with Gasteiger partial charge in [0.25, 0.3) is 0 Å². The van der Waals surface area contributed by atoms with Crippen LogP contribution in [-0.2, 0) is 12.7 Å². The van der Waals surface area contributed by atoms with Crippen molar-refractivity contribution in [2.75, 3.05) is 31.1 Å². The van der Waals surface area contributed by atoms with Crippen LogP contribution in [0.2, 0.25) is 10.0 Å². The Morgan fingerprint density at radius 2 is 1.57 bits per heavy atom. The fraction of sp³-hybridized carbons (Fsp3) is 0.273. The van der Waals surface area contributed by atoms with E-state index in [1.165, 1.54) is 6.07 Å². The Bertz CT molecular complexity index is 1010. The molecule has 4 rings (SSSR count). The van der Waals surface area contributed by atoms with Crippen LogP contribution in [0.15, 0.2) is 59.0 Å². The van der Waals surface area contributed by atoms with Crippen molar-refractivity contribution in [2.24, 2.45) is 0 Å². The summed E-state index contributed by atoms with van der Waals surface area (Å²) in [5, 5.41) is 0.394. The van der Waals surface area contributed by atoms with E-state index in [-0.39, 0.29) is 5.02 Å². The lowest BCUT2D eigenvalue weighted by Crippen LogP contribution is -2.46. The SMILES string of the molecule is FC(F)(F)c1cc(N2CCN(Cc3ccc(-c4ccc(Cl)cc4)o3)CC2)ccc1Cl. The van der Waals surface area contributed by atoms with Gasteiger partial charge in [-0.05, 0) is 54.6 Å². The number of rotatable bonds is 4. The van der Waals surface area contributed by atoms with Gasteiger partial charge in [-0.1, -0.05) is 23.2 Å². The lowest BCUT2D eigenvalue weighted by molar-refractivity contribution is -0.137. The van der Waals surface area contributed by atoms with E-state index in [4.69, 9.17) is 27.6 Å². The maximum absolute atomic E-state index is 13.1. The molecule has 1 fully saturated rings. The summed E-state index contributed by atoms with van der Waals surface area (Å²) in [4.78, 5) is 4.17. The summed E-state index contributed by atoms with van der Waals surface area (Å²) in [5.41, 5.74) is 0.697. The van der Waals surface area contributed by atoms with Crippen LogP contribution in [0.3, 0.4) is 0 Å². The Labute approximate surface area is 182 Å². The van der Waals surface area contributed by atoms with Crippen molar-refractivity contribution in [1.29, 1.82) is 0 Å². The molecule has 30 heavy (non-hydrogen) atoms. The Balaban J connectivity index is 1.37. The number of alkyl halides is 3. The van der Waals surface area contributed by atoms with Gasteiger partial charge in [-0.2, -0.15) is 13.2 Å². The van der Waals surface area contributed by atoms with Crippen molar-refractivity contribution in [3.05, 3.63) is 76.0 Å². The van der Waals surface area contributed by atoms with Crippen LogP contribution in [-0.4, -0.2) is 31.1 Å². The molecule has 0 amide bonds. The third kappa shape index (κ3) is 4.77. The second kappa shape index (κ2) is 8.53. The number of piperazine rings is 1. The van der Waals surface area contributed by atoms with Crippen molar-refractivity contribution in [2.45, 2.75) is 12.7 Å². The lowest BCUT2D eigenvalue weighted by atomic mass is 10.1. The molecule has 0 N–H and O–H groups in total. The molecular weight excluding hydrogens is 436 g/mol. The predicted octanol–water partition coefficient (Wildman–Crippen LogP) is 6.59. The molecule has 1 aromatic heterocycles. The van der Waals surface area contributed by atoms with E-state index in [2.05, 4.69) is 4.90 Å². The number of halogens is 5. The summed E-state index contributed by atoms with van der Waals surface area (Å²) < 4.78 is 45.3. The Hall–Kier alpha value is -2.15. The number of nitrogens with zero attached hydrogens (tertiary/aromatic N) is 2. The molecule has 2 heterocycles. The third-order valence-corrected chi connectivity index (χ3v) is 5.74. The quantitative estimate of drug-likeness (QED) is 0.442. The summed E-state index contributed by atoms with van der Waals surface area (Å²) in [6, 6.07) is 15.4. The Morgan fingerprint density at radius 3 is 2.23 bits per heavy atom. The molecule has 0 atom stereocenters. The average molecular weight is 455 g/mol. The second-order valence-corrected chi connectivity index (χ2v) is 8.04. The van der Waals surface area contributed by atoms with E-state index in [0.717, 1.165) is 36.2 Å². The first-order valence-corrected chi connectivity index (χ1v) is 10.2. The van der Waals surface area contributed by atoms with Gasteiger partial charge in [0, 0.05) is 42.5 Å². The summed E-state index contributed by atoms with van der Waals surface area (Å²) in [7, 11) is 0. The van der Waals surface area contributed by atoms with Gasteiger partial charge in [0.1, 0.15) is 11.5 Å². The molecule has 1 aliphatic heterocycles. The van der Waals surface area contributed by atoms with Crippen LogP contribution in [0.5, 0.6) is 0 Å². The van der Waals surface area contributed by atoms with Crippen LogP contribution in [0.25, 0.3) is 11.3 Å². The zero-order valence-electron chi connectivity index (χ0n) is 15.9. The van der Waals surface area contributed by atoms with E-state index >= 15 is 0 Å². The highest BCUT2D eigenvalue weighted by molar-refractivity contribution is 6.31. The van der Waals surface area contributed by atoms with Gasteiger partial charge >= 0.3 is 6.18 Å². The van der Waals surface area contributed by atoms with Crippen LogP contribution < -0.4 is 4.90 Å². The van der Waals surface area contributed by atoms with Crippen LogP contribution in [0.1, 0.15) is 11.3 Å². The molecule has 0 radical (unpaired) electrons. The molecular formula is C22H19Cl2F3N2O. The van der Waals surface area contributed by atoms with Crippen LogP contribution in [0, 0.1) is 0 Å². The summed E-state index contributed by atoms with van der Waals surface area (Å²) in [6.07, 6.45) is -4.46. The third-order valence-electron chi connectivity index (χ3n) is 5.16. The zero-order chi connectivity index (χ0) is 21.3. The van der Waals surface area contributed by atoms with Crippen molar-refractivity contribution in [1.82, 2.24) is 4.90 Å². The second-order valence-electron chi connectivity index (χ2n) is 7.20. The standard InChI is InChI=1S/C22H19Cl2F3N2O/c23-16-3-1-15(2-4-16)21-8-6-18(30-21)14-28-9-11-29(12-10-28)17-5-7-20(24)19(13-17)22(25,26)27/h1-8,13H,9-12,14H2. The van der Waals surface area contributed by atoms with E-state index in [9.17, 15) is 13.2 Å². The number of benzene rings is 2. The van der Waals surface area contributed by atoms with E-state index in [1.807, 2.05) is 41.3 Å². The maximum atomic E-state index is 13.1. The van der Waals surface area contributed by atoms with Gasteiger partial charge in [0.05, 0.1) is 17.1 Å². The molecule has 0 aliphatic carbocycles. The Kier molecular flexibility index (Phi) is 6.00. The fourth-order valence-corrected chi connectivity index (χ4v) is 3.89. The Morgan fingerprint density at radius 1 is 0.867 bits per heavy atom. The molecule has 3 aromatic rings. The van der Waals surface area contributed by atoms with Crippen molar-refractivity contribution < 1.29 is 17.6 Å². The van der Waals surface area contributed by atoms with Gasteiger partial charge in [-0.3, -0.25) is 4.90 Å². The summed E-state index contributed by atoms with van der Waals surface area (Å²) >= 11 is 11.6. The van der Waals surface area contributed by atoms with Crippen molar-refractivity contribution >= 4 is 28.9 Å². The van der Waals surface area contributed by atoms with E-state index < -0.39 is 11.7 Å². The summed E-state index contributed by atoms with van der Waals surface area (Å²) in [5.74, 6) is 1.63. The minimum Gasteiger partial charge on any atom is -0.460 e. The van der Waals surface area contributed by atoms with E-state index in [1.54, 1.807) is 6.07 Å². The first-order chi connectivity index (χ1) is 14.3. The monoisotopic (exact) mass is 454 g/mol. The number of anilines is 1. The first-order valence-electron chi connectivity index (χ1n) is 9.48. The largest absolute Gasteiger partial charge is 0.460 e. The topological polar surface area (TPSA) is 19.6 Å². The van der Waals surface area contributed by atoms with E-state index in [0.29, 0.717) is 30.3 Å². The minimum atomic E-state index is -4.46. The molecule has 0 saturated carbocycles. The molecule has 0 spiro atoms. The normalized spacial score (nSPS) is 15.6. The van der Waals surface area contributed by atoms with Crippen molar-refractivity contribution in [3.63, 3.8) is 0 Å².